The van der Waals surface area contributed by atoms with Crippen LogP contribution in [0.2, 0.25) is 0 Å². The van der Waals surface area contributed by atoms with E-state index in [-0.39, 0.29) is 18.3 Å². The molecule has 156 valence electrons. The van der Waals surface area contributed by atoms with E-state index in [1.807, 2.05) is 11.0 Å². The summed E-state index contributed by atoms with van der Waals surface area (Å²) in [6.07, 6.45) is 1.54. The molecule has 2 aromatic carbocycles. The maximum atomic E-state index is 12.7. The third-order valence-corrected chi connectivity index (χ3v) is 5.91. The summed E-state index contributed by atoms with van der Waals surface area (Å²) in [5.41, 5.74) is 4.00. The Morgan fingerprint density at radius 3 is 2.59 bits per heavy atom. The number of hydrogen-bond acceptors (Lipinski definition) is 4. The van der Waals surface area contributed by atoms with Gasteiger partial charge in [-0.3, -0.25) is 9.69 Å². The number of methoxy groups -OCH3 is 1. The minimum absolute atomic E-state index is 0. The average molecular weight is 416 g/mol. The number of carbonyl (C=O) groups excluding carboxylic acids is 1. The van der Waals surface area contributed by atoms with Crippen LogP contribution in [-0.4, -0.2) is 55.5 Å². The van der Waals surface area contributed by atoms with Crippen molar-refractivity contribution in [3.05, 3.63) is 65.2 Å². The number of carbonyl (C=O) groups is 1. The van der Waals surface area contributed by atoms with Gasteiger partial charge in [0.2, 0.25) is 5.91 Å². The monoisotopic (exact) mass is 415 g/mol. The molecule has 1 fully saturated rings. The van der Waals surface area contributed by atoms with Crippen LogP contribution in [0.15, 0.2) is 48.5 Å². The maximum absolute atomic E-state index is 12.7. The number of amides is 1. The first-order valence-electron chi connectivity index (χ1n) is 10.2. The third kappa shape index (κ3) is 5.10. The van der Waals surface area contributed by atoms with Crippen LogP contribution in [-0.2, 0) is 17.8 Å². The molecule has 0 bridgehead atoms. The number of rotatable bonds is 5. The number of piperazine rings is 1. The van der Waals surface area contributed by atoms with E-state index >= 15 is 0 Å². The van der Waals surface area contributed by atoms with E-state index in [4.69, 9.17) is 4.74 Å². The van der Waals surface area contributed by atoms with Gasteiger partial charge in [0.15, 0.2) is 0 Å². The van der Waals surface area contributed by atoms with Crippen LogP contribution in [0.25, 0.3) is 0 Å². The second kappa shape index (κ2) is 10.1. The number of nitrogens with one attached hydrogen (secondary N) is 1. The Bertz CT molecular complexity index is 809. The van der Waals surface area contributed by atoms with Crippen molar-refractivity contribution >= 4 is 18.3 Å². The van der Waals surface area contributed by atoms with Crippen LogP contribution in [0.4, 0.5) is 0 Å². The second-order valence-corrected chi connectivity index (χ2v) is 7.62. The van der Waals surface area contributed by atoms with Crippen molar-refractivity contribution in [3.8, 4) is 5.75 Å². The summed E-state index contributed by atoms with van der Waals surface area (Å²) in [4.78, 5) is 17.1. The Balaban J connectivity index is 0.00000240. The molecule has 1 saturated heterocycles. The quantitative estimate of drug-likeness (QED) is 0.815. The van der Waals surface area contributed by atoms with Crippen LogP contribution in [0.1, 0.15) is 29.2 Å². The highest BCUT2D eigenvalue weighted by molar-refractivity contribution is 5.85. The van der Waals surface area contributed by atoms with Crippen LogP contribution < -0.4 is 10.1 Å². The van der Waals surface area contributed by atoms with Gasteiger partial charge in [-0.15, -0.1) is 12.4 Å². The van der Waals surface area contributed by atoms with Crippen LogP contribution in [0.5, 0.6) is 5.75 Å². The summed E-state index contributed by atoms with van der Waals surface area (Å²) in [6.45, 7) is 5.06. The molecule has 2 aliphatic rings. The lowest BCUT2D eigenvalue weighted by atomic mass is 9.89. The zero-order valence-electron chi connectivity index (χ0n) is 17.0. The highest BCUT2D eigenvalue weighted by Crippen LogP contribution is 2.34. The van der Waals surface area contributed by atoms with Crippen molar-refractivity contribution < 1.29 is 9.53 Å². The number of halogens is 1. The summed E-state index contributed by atoms with van der Waals surface area (Å²) in [5.74, 6) is 1.17. The van der Waals surface area contributed by atoms with E-state index in [2.05, 4.69) is 52.7 Å². The fourth-order valence-corrected chi connectivity index (χ4v) is 4.29. The van der Waals surface area contributed by atoms with Gasteiger partial charge in [-0.05, 0) is 35.2 Å². The molecule has 0 aromatic heterocycles. The molecule has 0 spiro atoms. The fourth-order valence-electron chi connectivity index (χ4n) is 4.29. The topological polar surface area (TPSA) is 44.8 Å². The number of hydrogen-bond donors (Lipinski definition) is 1. The van der Waals surface area contributed by atoms with Gasteiger partial charge in [0.1, 0.15) is 5.75 Å². The lowest BCUT2D eigenvalue weighted by Gasteiger charge is -2.38. The molecule has 1 unspecified atom stereocenters. The highest BCUT2D eigenvalue weighted by atomic mass is 35.5. The Labute approximate surface area is 179 Å². The van der Waals surface area contributed by atoms with Crippen molar-refractivity contribution in [1.29, 1.82) is 0 Å². The van der Waals surface area contributed by atoms with Gasteiger partial charge in [0.25, 0.3) is 0 Å². The Hall–Kier alpha value is -2.08. The molecule has 2 heterocycles. The maximum Gasteiger partial charge on any atom is 0.223 e. The highest BCUT2D eigenvalue weighted by Gasteiger charge is 2.28. The molecule has 0 aliphatic carbocycles. The molecule has 0 saturated carbocycles. The van der Waals surface area contributed by atoms with Crippen molar-refractivity contribution in [2.24, 2.45) is 0 Å². The van der Waals surface area contributed by atoms with E-state index in [0.717, 1.165) is 51.4 Å². The van der Waals surface area contributed by atoms with Crippen molar-refractivity contribution in [2.75, 3.05) is 39.8 Å². The zero-order valence-corrected chi connectivity index (χ0v) is 17.8. The molecule has 5 nitrogen and oxygen atoms in total. The number of nitrogens with zero attached hydrogens (tertiary/aromatic N) is 2. The van der Waals surface area contributed by atoms with Gasteiger partial charge in [-0.1, -0.05) is 36.4 Å². The minimum Gasteiger partial charge on any atom is -0.497 e. The lowest BCUT2D eigenvalue weighted by molar-refractivity contribution is -0.132. The van der Waals surface area contributed by atoms with E-state index in [1.165, 1.54) is 16.7 Å². The predicted octanol–water partition coefficient (Wildman–Crippen LogP) is 3.04. The number of ether oxygens (including phenoxy) is 1. The van der Waals surface area contributed by atoms with Crippen LogP contribution in [0, 0.1) is 0 Å². The predicted molar refractivity (Wildman–Crippen MR) is 118 cm³/mol. The van der Waals surface area contributed by atoms with Gasteiger partial charge >= 0.3 is 0 Å². The number of fused-ring (bicyclic) bond motifs is 1. The van der Waals surface area contributed by atoms with Crippen molar-refractivity contribution in [2.45, 2.75) is 25.4 Å². The third-order valence-electron chi connectivity index (χ3n) is 5.91. The molecule has 1 amide bonds. The van der Waals surface area contributed by atoms with Gasteiger partial charge in [-0.2, -0.15) is 0 Å². The lowest BCUT2D eigenvalue weighted by Crippen LogP contribution is -2.47. The minimum atomic E-state index is 0. The first-order chi connectivity index (χ1) is 13.7. The molecular weight excluding hydrogens is 386 g/mol. The zero-order chi connectivity index (χ0) is 19.3. The van der Waals surface area contributed by atoms with Gasteiger partial charge < -0.3 is 15.0 Å². The SMILES string of the molecule is COc1ccc2c(c1)CN(CCC(=O)N1CCNCC1)C(c1ccccc1)C2.Cl. The summed E-state index contributed by atoms with van der Waals surface area (Å²) >= 11 is 0. The average Bonchev–Trinajstić information content (AvgIpc) is 2.77. The van der Waals surface area contributed by atoms with Crippen molar-refractivity contribution in [1.82, 2.24) is 15.1 Å². The molecule has 2 aliphatic heterocycles. The van der Waals surface area contributed by atoms with Gasteiger partial charge in [0, 0.05) is 51.7 Å². The molecule has 1 atom stereocenters. The Morgan fingerprint density at radius 2 is 1.86 bits per heavy atom. The van der Waals surface area contributed by atoms with Crippen LogP contribution >= 0.6 is 12.4 Å². The standard InChI is InChI=1S/C23H29N3O2.ClH/c1-28-21-8-7-19-16-22(18-5-3-2-4-6-18)26(17-20(19)15-21)12-9-23(27)25-13-10-24-11-14-25;/h2-8,15,22,24H,9-14,16-17H2,1H3;1H. The first kappa shape index (κ1) is 21.6. The first-order valence-corrected chi connectivity index (χ1v) is 10.2. The van der Waals surface area contributed by atoms with Gasteiger partial charge in [-0.25, -0.2) is 0 Å². The van der Waals surface area contributed by atoms with E-state index in [9.17, 15) is 4.79 Å². The molecule has 6 heteroatoms. The van der Waals surface area contributed by atoms with Gasteiger partial charge in [0.05, 0.1) is 7.11 Å². The normalized spacial score (nSPS) is 19.2. The smallest absolute Gasteiger partial charge is 0.223 e. The second-order valence-electron chi connectivity index (χ2n) is 7.62. The molecule has 29 heavy (non-hydrogen) atoms. The van der Waals surface area contributed by atoms with E-state index < -0.39 is 0 Å². The Morgan fingerprint density at radius 1 is 1.10 bits per heavy atom. The van der Waals surface area contributed by atoms with Crippen molar-refractivity contribution in [3.63, 3.8) is 0 Å². The summed E-state index contributed by atoms with van der Waals surface area (Å²) in [7, 11) is 1.71. The van der Waals surface area contributed by atoms with Crippen LogP contribution in [0.3, 0.4) is 0 Å². The largest absolute Gasteiger partial charge is 0.497 e. The number of benzene rings is 2. The molecule has 4 rings (SSSR count). The molecule has 1 N–H and O–H groups in total. The summed E-state index contributed by atoms with van der Waals surface area (Å²) < 4.78 is 5.42. The van der Waals surface area contributed by atoms with E-state index in [0.29, 0.717) is 12.5 Å². The summed E-state index contributed by atoms with van der Waals surface area (Å²) in [5, 5.41) is 3.31. The van der Waals surface area contributed by atoms with E-state index in [1.54, 1.807) is 7.11 Å². The fraction of sp³-hybridized carbons (Fsp3) is 0.435. The summed E-state index contributed by atoms with van der Waals surface area (Å²) in [6, 6.07) is 17.3. The molecular formula is C23H30ClN3O2. The Kier molecular flexibility index (Phi) is 7.53. The molecule has 0 radical (unpaired) electrons. The molecule has 2 aromatic rings.